The number of amides is 2. The van der Waals surface area contributed by atoms with Crippen LogP contribution in [0.5, 0.6) is 5.75 Å². The highest BCUT2D eigenvalue weighted by Crippen LogP contribution is 2.34. The van der Waals surface area contributed by atoms with Gasteiger partial charge in [0.1, 0.15) is 0 Å². The summed E-state index contributed by atoms with van der Waals surface area (Å²) < 4.78 is 5.55. The SMILES string of the molecule is Cc1ccc(NC(=O)COc2c(Cl)cc(/C=N/NC(=O)c3ccc(-c4csc(Nc5ccccc5)n4)cc3)cc2Cl)cc1. The Balaban J connectivity index is 1.13. The number of nitrogens with zero attached hydrogens (tertiary/aromatic N) is 2. The van der Waals surface area contributed by atoms with Gasteiger partial charge in [-0.3, -0.25) is 9.59 Å². The number of ether oxygens (including phenoxy) is 1. The standard InChI is InChI=1S/C32H25Cl2N5O3S/c1-20-7-13-25(14-8-20)36-29(40)18-42-30-26(33)15-21(16-27(30)34)17-35-39-31(41)23-11-9-22(10-12-23)28-19-43-32(38-28)37-24-5-3-2-4-6-24/h2-17,19H,18H2,1H3,(H,36,40)(H,37,38)(H,39,41)/b35-17+. The second-order valence-corrected chi connectivity index (χ2v) is 11.0. The fourth-order valence-electron chi connectivity index (χ4n) is 3.89. The zero-order chi connectivity index (χ0) is 30.2. The minimum atomic E-state index is -0.385. The van der Waals surface area contributed by atoms with Crippen LogP contribution in [-0.2, 0) is 4.79 Å². The molecule has 5 rings (SSSR count). The largest absolute Gasteiger partial charge is 0.481 e. The number of carbonyl (C=O) groups is 2. The van der Waals surface area contributed by atoms with Gasteiger partial charge in [0.25, 0.3) is 11.8 Å². The Morgan fingerprint density at radius 1 is 0.930 bits per heavy atom. The number of hydrogen-bond acceptors (Lipinski definition) is 7. The third kappa shape index (κ3) is 8.20. The molecule has 0 spiro atoms. The average Bonchev–Trinajstić information content (AvgIpc) is 3.47. The van der Waals surface area contributed by atoms with Crippen molar-refractivity contribution in [3.63, 3.8) is 0 Å². The summed E-state index contributed by atoms with van der Waals surface area (Å²) in [5.41, 5.74) is 7.86. The van der Waals surface area contributed by atoms with Crippen molar-refractivity contribution < 1.29 is 14.3 Å². The number of aromatic nitrogens is 1. The summed E-state index contributed by atoms with van der Waals surface area (Å²) in [5, 5.41) is 13.2. The fraction of sp³-hybridized carbons (Fsp3) is 0.0625. The first kappa shape index (κ1) is 29.8. The average molecular weight is 631 g/mol. The molecule has 0 saturated carbocycles. The second kappa shape index (κ2) is 14.0. The van der Waals surface area contributed by atoms with Crippen LogP contribution < -0.4 is 20.8 Å². The number of hydrazone groups is 1. The van der Waals surface area contributed by atoms with E-state index in [1.54, 1.807) is 36.4 Å². The summed E-state index contributed by atoms with van der Waals surface area (Å²) in [5.74, 6) is -0.565. The maximum atomic E-state index is 12.6. The molecular formula is C32H25Cl2N5O3S. The number of para-hydroxylation sites is 1. The number of anilines is 3. The smallest absolute Gasteiger partial charge is 0.271 e. The van der Waals surface area contributed by atoms with Crippen LogP contribution in [0.25, 0.3) is 11.3 Å². The molecule has 2 amide bonds. The number of halogens is 2. The highest BCUT2D eigenvalue weighted by molar-refractivity contribution is 7.14. The van der Waals surface area contributed by atoms with Gasteiger partial charge in [-0.15, -0.1) is 11.3 Å². The van der Waals surface area contributed by atoms with Crippen LogP contribution >= 0.6 is 34.5 Å². The van der Waals surface area contributed by atoms with Gasteiger partial charge >= 0.3 is 0 Å². The molecule has 0 bridgehead atoms. The fourth-order valence-corrected chi connectivity index (χ4v) is 5.25. The van der Waals surface area contributed by atoms with Crippen LogP contribution in [0, 0.1) is 6.92 Å². The third-order valence-corrected chi connectivity index (χ3v) is 7.37. The summed E-state index contributed by atoms with van der Waals surface area (Å²) in [6, 6.07) is 27.4. The number of thiazole rings is 1. The molecule has 0 atom stereocenters. The molecule has 3 N–H and O–H groups in total. The molecule has 43 heavy (non-hydrogen) atoms. The van der Waals surface area contributed by atoms with E-state index >= 15 is 0 Å². The van der Waals surface area contributed by atoms with Crippen molar-refractivity contribution in [2.24, 2.45) is 5.10 Å². The number of carbonyl (C=O) groups excluding carboxylic acids is 2. The van der Waals surface area contributed by atoms with Gasteiger partial charge in [-0.05, 0) is 61.0 Å². The predicted molar refractivity (Wildman–Crippen MR) is 174 cm³/mol. The molecule has 216 valence electrons. The maximum absolute atomic E-state index is 12.6. The van der Waals surface area contributed by atoms with Gasteiger partial charge in [-0.25, -0.2) is 10.4 Å². The first-order chi connectivity index (χ1) is 20.8. The molecule has 0 aliphatic carbocycles. The van der Waals surface area contributed by atoms with Crippen LogP contribution in [0.2, 0.25) is 10.0 Å². The van der Waals surface area contributed by atoms with Gasteiger partial charge < -0.3 is 15.4 Å². The topological polar surface area (TPSA) is 105 Å². The van der Waals surface area contributed by atoms with E-state index in [9.17, 15) is 9.59 Å². The Hall–Kier alpha value is -4.70. The lowest BCUT2D eigenvalue weighted by molar-refractivity contribution is -0.118. The van der Waals surface area contributed by atoms with Gasteiger partial charge in [0.15, 0.2) is 17.5 Å². The van der Waals surface area contributed by atoms with E-state index < -0.39 is 0 Å². The molecule has 0 fully saturated rings. The third-order valence-electron chi connectivity index (χ3n) is 6.06. The Morgan fingerprint density at radius 2 is 1.63 bits per heavy atom. The number of hydrogen-bond donors (Lipinski definition) is 3. The second-order valence-electron chi connectivity index (χ2n) is 9.32. The van der Waals surface area contributed by atoms with Crippen molar-refractivity contribution >= 4 is 69.1 Å². The van der Waals surface area contributed by atoms with E-state index in [1.165, 1.54) is 17.6 Å². The molecular weight excluding hydrogens is 605 g/mol. The van der Waals surface area contributed by atoms with Crippen molar-refractivity contribution in [1.82, 2.24) is 10.4 Å². The molecule has 0 unspecified atom stereocenters. The summed E-state index contributed by atoms with van der Waals surface area (Å²) in [6.45, 7) is 1.69. The van der Waals surface area contributed by atoms with Crippen LogP contribution in [0.1, 0.15) is 21.5 Å². The number of rotatable bonds is 10. The molecule has 1 heterocycles. The first-order valence-corrected chi connectivity index (χ1v) is 14.7. The highest BCUT2D eigenvalue weighted by atomic mass is 35.5. The quantitative estimate of drug-likeness (QED) is 0.107. The lowest BCUT2D eigenvalue weighted by atomic mass is 10.1. The lowest BCUT2D eigenvalue weighted by Crippen LogP contribution is -2.20. The summed E-state index contributed by atoms with van der Waals surface area (Å²) in [6.07, 6.45) is 1.41. The Kier molecular flexibility index (Phi) is 9.68. The van der Waals surface area contributed by atoms with Crippen molar-refractivity contribution in [1.29, 1.82) is 0 Å². The summed E-state index contributed by atoms with van der Waals surface area (Å²) in [4.78, 5) is 29.5. The first-order valence-electron chi connectivity index (χ1n) is 13.0. The van der Waals surface area contributed by atoms with Crippen LogP contribution in [0.15, 0.2) is 101 Å². The predicted octanol–water partition coefficient (Wildman–Crippen LogP) is 7.95. The van der Waals surface area contributed by atoms with Gasteiger partial charge in [0.2, 0.25) is 0 Å². The van der Waals surface area contributed by atoms with E-state index in [0.29, 0.717) is 16.8 Å². The van der Waals surface area contributed by atoms with E-state index in [2.05, 4.69) is 26.1 Å². The lowest BCUT2D eigenvalue weighted by Gasteiger charge is -2.11. The van der Waals surface area contributed by atoms with Gasteiger partial charge in [0.05, 0.1) is 22.0 Å². The summed E-state index contributed by atoms with van der Waals surface area (Å²) in [7, 11) is 0. The van der Waals surface area contributed by atoms with Crippen LogP contribution in [0.4, 0.5) is 16.5 Å². The van der Waals surface area contributed by atoms with Crippen molar-refractivity contribution in [3.05, 3.63) is 123 Å². The number of benzene rings is 4. The molecule has 0 radical (unpaired) electrons. The van der Waals surface area contributed by atoms with E-state index in [-0.39, 0.29) is 34.2 Å². The Bertz CT molecular complexity index is 1740. The molecule has 0 aliphatic rings. The van der Waals surface area contributed by atoms with Crippen molar-refractivity contribution in [2.75, 3.05) is 17.2 Å². The molecule has 0 aliphatic heterocycles. The van der Waals surface area contributed by atoms with Gasteiger partial charge in [-0.1, -0.05) is 71.2 Å². The molecule has 1 aromatic heterocycles. The number of aryl methyl sites for hydroxylation is 1. The molecule has 5 aromatic rings. The van der Waals surface area contributed by atoms with E-state index in [1.807, 2.05) is 66.9 Å². The minimum Gasteiger partial charge on any atom is -0.481 e. The number of nitrogens with one attached hydrogen (secondary N) is 3. The van der Waals surface area contributed by atoms with Crippen LogP contribution in [-0.4, -0.2) is 29.6 Å². The van der Waals surface area contributed by atoms with E-state index in [0.717, 1.165) is 27.6 Å². The molecule has 0 saturated heterocycles. The zero-order valence-electron chi connectivity index (χ0n) is 22.8. The Labute approximate surface area is 262 Å². The van der Waals surface area contributed by atoms with E-state index in [4.69, 9.17) is 27.9 Å². The van der Waals surface area contributed by atoms with Crippen molar-refractivity contribution in [2.45, 2.75) is 6.92 Å². The molecule has 4 aromatic carbocycles. The normalized spacial score (nSPS) is 10.9. The summed E-state index contributed by atoms with van der Waals surface area (Å²) >= 11 is 14.2. The minimum absolute atomic E-state index is 0.173. The van der Waals surface area contributed by atoms with Crippen LogP contribution in [0.3, 0.4) is 0 Å². The zero-order valence-corrected chi connectivity index (χ0v) is 25.1. The van der Waals surface area contributed by atoms with Gasteiger partial charge in [0, 0.05) is 27.9 Å². The maximum Gasteiger partial charge on any atom is 0.271 e. The Morgan fingerprint density at radius 3 is 2.33 bits per heavy atom. The monoisotopic (exact) mass is 629 g/mol. The molecule has 11 heteroatoms. The highest BCUT2D eigenvalue weighted by Gasteiger charge is 2.13. The van der Waals surface area contributed by atoms with Gasteiger partial charge in [-0.2, -0.15) is 5.10 Å². The molecule has 8 nitrogen and oxygen atoms in total. The van der Waals surface area contributed by atoms with Crippen molar-refractivity contribution in [3.8, 4) is 17.0 Å².